The van der Waals surface area contributed by atoms with Gasteiger partial charge >= 0.3 is 0 Å². The summed E-state index contributed by atoms with van der Waals surface area (Å²) in [6.07, 6.45) is 0. The molecule has 1 aromatic rings. The van der Waals surface area contributed by atoms with Gasteiger partial charge in [-0.1, -0.05) is 48.8 Å². The van der Waals surface area contributed by atoms with E-state index in [0.717, 1.165) is 10.0 Å². The SMILES string of the molecule is CC(NC(=O)[C@@H](N)C(C)(C)C)c1ccc(Br)cc1.Cl. The third-order valence-electron chi connectivity index (χ3n) is 2.94. The summed E-state index contributed by atoms with van der Waals surface area (Å²) >= 11 is 3.39. The van der Waals surface area contributed by atoms with Crippen LogP contribution in [0.4, 0.5) is 0 Å². The third kappa shape index (κ3) is 5.51. The molecule has 0 saturated heterocycles. The molecule has 0 bridgehead atoms. The maximum atomic E-state index is 12.0. The van der Waals surface area contributed by atoms with Crippen LogP contribution in [0, 0.1) is 5.41 Å². The van der Waals surface area contributed by atoms with Crippen LogP contribution in [0.5, 0.6) is 0 Å². The Labute approximate surface area is 129 Å². The van der Waals surface area contributed by atoms with Crippen LogP contribution in [0.15, 0.2) is 28.7 Å². The lowest BCUT2D eigenvalue weighted by atomic mass is 9.86. The Morgan fingerprint density at radius 1 is 1.26 bits per heavy atom. The van der Waals surface area contributed by atoms with Crippen molar-refractivity contribution in [2.75, 3.05) is 0 Å². The Hall–Kier alpha value is -0.580. The van der Waals surface area contributed by atoms with Gasteiger partial charge in [0.1, 0.15) is 0 Å². The summed E-state index contributed by atoms with van der Waals surface area (Å²) in [6, 6.07) is 7.34. The molecule has 3 N–H and O–H groups in total. The highest BCUT2D eigenvalue weighted by atomic mass is 79.9. The number of rotatable bonds is 3. The van der Waals surface area contributed by atoms with Crippen molar-refractivity contribution in [1.29, 1.82) is 0 Å². The second-order valence-corrected chi connectivity index (χ2v) is 6.54. The molecule has 5 heteroatoms. The Morgan fingerprint density at radius 3 is 2.16 bits per heavy atom. The molecule has 0 fully saturated rings. The third-order valence-corrected chi connectivity index (χ3v) is 3.47. The van der Waals surface area contributed by atoms with E-state index in [1.807, 2.05) is 52.0 Å². The van der Waals surface area contributed by atoms with Gasteiger partial charge in [0.25, 0.3) is 0 Å². The van der Waals surface area contributed by atoms with Crippen LogP contribution >= 0.6 is 28.3 Å². The Morgan fingerprint density at radius 2 is 1.74 bits per heavy atom. The first-order valence-electron chi connectivity index (χ1n) is 6.03. The number of carbonyl (C=O) groups excluding carboxylic acids is 1. The highest BCUT2D eigenvalue weighted by molar-refractivity contribution is 9.10. The molecule has 0 aliphatic carbocycles. The first-order valence-corrected chi connectivity index (χ1v) is 6.82. The van der Waals surface area contributed by atoms with Crippen LogP contribution in [0.25, 0.3) is 0 Å². The molecule has 19 heavy (non-hydrogen) atoms. The van der Waals surface area contributed by atoms with E-state index in [2.05, 4.69) is 21.2 Å². The minimum absolute atomic E-state index is 0. The van der Waals surface area contributed by atoms with Crippen LogP contribution in [-0.4, -0.2) is 11.9 Å². The lowest BCUT2D eigenvalue weighted by Gasteiger charge is -2.27. The molecule has 1 amide bonds. The first-order chi connectivity index (χ1) is 8.21. The van der Waals surface area contributed by atoms with E-state index in [0.29, 0.717) is 0 Å². The highest BCUT2D eigenvalue weighted by Crippen LogP contribution is 2.20. The molecule has 0 aliphatic heterocycles. The summed E-state index contributed by atoms with van der Waals surface area (Å²) in [4.78, 5) is 12.0. The zero-order chi connectivity index (χ0) is 13.9. The van der Waals surface area contributed by atoms with E-state index in [-0.39, 0.29) is 29.8 Å². The maximum Gasteiger partial charge on any atom is 0.237 e. The highest BCUT2D eigenvalue weighted by Gasteiger charge is 2.28. The number of halogens is 2. The fourth-order valence-electron chi connectivity index (χ4n) is 1.53. The van der Waals surface area contributed by atoms with Gasteiger partial charge in [0, 0.05) is 4.47 Å². The molecule has 108 valence electrons. The number of nitrogens with two attached hydrogens (primary N) is 1. The summed E-state index contributed by atoms with van der Waals surface area (Å²) in [5.74, 6) is -0.113. The van der Waals surface area contributed by atoms with Gasteiger partial charge in [-0.05, 0) is 30.0 Å². The molecule has 0 saturated carbocycles. The van der Waals surface area contributed by atoms with E-state index in [9.17, 15) is 4.79 Å². The number of amides is 1. The minimum Gasteiger partial charge on any atom is -0.348 e. The van der Waals surface area contributed by atoms with Crippen molar-refractivity contribution < 1.29 is 4.79 Å². The number of benzene rings is 1. The fourth-order valence-corrected chi connectivity index (χ4v) is 1.80. The minimum atomic E-state index is -0.504. The van der Waals surface area contributed by atoms with E-state index < -0.39 is 6.04 Å². The molecule has 3 nitrogen and oxygen atoms in total. The Balaban J connectivity index is 0.00000324. The zero-order valence-electron chi connectivity index (χ0n) is 11.7. The molecular formula is C14H22BrClN2O. The van der Waals surface area contributed by atoms with Gasteiger partial charge in [-0.25, -0.2) is 0 Å². The second kappa shape index (κ2) is 7.27. The Kier molecular flexibility index (Phi) is 7.05. The van der Waals surface area contributed by atoms with Crippen LogP contribution in [0.1, 0.15) is 39.3 Å². The van der Waals surface area contributed by atoms with E-state index >= 15 is 0 Å². The van der Waals surface area contributed by atoms with E-state index in [4.69, 9.17) is 5.73 Å². The predicted octanol–water partition coefficient (Wildman–Crippen LogP) is 3.42. The van der Waals surface area contributed by atoms with Gasteiger partial charge in [-0.15, -0.1) is 12.4 Å². The smallest absolute Gasteiger partial charge is 0.237 e. The summed E-state index contributed by atoms with van der Waals surface area (Å²) < 4.78 is 1.02. The largest absolute Gasteiger partial charge is 0.348 e. The van der Waals surface area contributed by atoms with Crippen LogP contribution in [-0.2, 0) is 4.79 Å². The molecular weight excluding hydrogens is 328 g/mol. The average molecular weight is 350 g/mol. The normalized spacial score (nSPS) is 14.2. The number of nitrogens with one attached hydrogen (secondary N) is 1. The first kappa shape index (κ1) is 18.4. The molecule has 1 rings (SSSR count). The van der Waals surface area contributed by atoms with Crippen LogP contribution in [0.2, 0.25) is 0 Å². The van der Waals surface area contributed by atoms with Gasteiger partial charge in [-0.3, -0.25) is 4.79 Å². The Bertz CT molecular complexity index is 414. The van der Waals surface area contributed by atoms with Crippen molar-refractivity contribution in [2.45, 2.75) is 39.8 Å². The monoisotopic (exact) mass is 348 g/mol. The number of carbonyl (C=O) groups is 1. The van der Waals surface area contributed by atoms with Gasteiger partial charge in [0.2, 0.25) is 5.91 Å². The van der Waals surface area contributed by atoms with Crippen molar-refractivity contribution >= 4 is 34.2 Å². The van der Waals surface area contributed by atoms with Gasteiger partial charge in [0.05, 0.1) is 12.1 Å². The molecule has 0 radical (unpaired) electrons. The molecule has 1 unspecified atom stereocenters. The molecule has 2 atom stereocenters. The summed E-state index contributed by atoms with van der Waals surface area (Å²) in [7, 11) is 0. The lowest BCUT2D eigenvalue weighted by Crippen LogP contribution is -2.49. The molecule has 0 spiro atoms. The van der Waals surface area contributed by atoms with Crippen molar-refractivity contribution in [3.8, 4) is 0 Å². The lowest BCUT2D eigenvalue weighted by molar-refractivity contribution is -0.125. The second-order valence-electron chi connectivity index (χ2n) is 5.63. The van der Waals surface area contributed by atoms with Crippen molar-refractivity contribution in [2.24, 2.45) is 11.1 Å². The van der Waals surface area contributed by atoms with Crippen molar-refractivity contribution in [3.63, 3.8) is 0 Å². The molecule has 1 aromatic carbocycles. The van der Waals surface area contributed by atoms with Crippen LogP contribution < -0.4 is 11.1 Å². The van der Waals surface area contributed by atoms with Crippen LogP contribution in [0.3, 0.4) is 0 Å². The van der Waals surface area contributed by atoms with Gasteiger partial charge in [0.15, 0.2) is 0 Å². The van der Waals surface area contributed by atoms with E-state index in [1.165, 1.54) is 0 Å². The summed E-state index contributed by atoms with van der Waals surface area (Å²) in [5, 5.41) is 2.94. The topological polar surface area (TPSA) is 55.1 Å². The summed E-state index contributed by atoms with van der Waals surface area (Å²) in [6.45, 7) is 7.83. The average Bonchev–Trinajstić information content (AvgIpc) is 2.27. The zero-order valence-corrected chi connectivity index (χ0v) is 14.1. The number of hydrogen-bond acceptors (Lipinski definition) is 2. The molecule has 0 aromatic heterocycles. The van der Waals surface area contributed by atoms with Gasteiger partial charge in [-0.2, -0.15) is 0 Å². The molecule has 0 heterocycles. The predicted molar refractivity (Wildman–Crippen MR) is 85.4 cm³/mol. The van der Waals surface area contributed by atoms with Crippen molar-refractivity contribution in [3.05, 3.63) is 34.3 Å². The fraction of sp³-hybridized carbons (Fsp3) is 0.500. The van der Waals surface area contributed by atoms with E-state index in [1.54, 1.807) is 0 Å². The van der Waals surface area contributed by atoms with Crippen molar-refractivity contribution in [1.82, 2.24) is 5.32 Å². The number of hydrogen-bond donors (Lipinski definition) is 2. The standard InChI is InChI=1S/C14H21BrN2O.ClH/c1-9(10-5-7-11(15)8-6-10)17-13(18)12(16)14(2,3)4;/h5-9,12H,16H2,1-4H3,(H,17,18);1H/t9?,12-;/m1./s1. The van der Waals surface area contributed by atoms with Gasteiger partial charge < -0.3 is 11.1 Å². The molecule has 0 aliphatic rings. The maximum absolute atomic E-state index is 12.0. The summed E-state index contributed by atoms with van der Waals surface area (Å²) in [5.41, 5.74) is 6.76. The quantitative estimate of drug-likeness (QED) is 0.878.